The summed E-state index contributed by atoms with van der Waals surface area (Å²) < 4.78 is -0.396. The van der Waals surface area contributed by atoms with Crippen LogP contribution >= 0.6 is 22.6 Å². The highest BCUT2D eigenvalue weighted by molar-refractivity contribution is 14.1. The van der Waals surface area contributed by atoms with Gasteiger partial charge in [0.05, 0.1) is 3.42 Å². The lowest BCUT2D eigenvalue weighted by Crippen LogP contribution is -2.21. The summed E-state index contributed by atoms with van der Waals surface area (Å²) in [5.41, 5.74) is 0. The summed E-state index contributed by atoms with van der Waals surface area (Å²) in [6.45, 7) is 3.57. The molecule has 0 aliphatic carbocycles. The fourth-order valence-electron chi connectivity index (χ4n) is 0.172. The summed E-state index contributed by atoms with van der Waals surface area (Å²) in [5, 5.41) is 0. The van der Waals surface area contributed by atoms with E-state index in [4.69, 9.17) is 6.42 Å². The number of hydrogen-bond donors (Lipinski definition) is 0. The van der Waals surface area contributed by atoms with Gasteiger partial charge in [0, 0.05) is 0 Å². The number of carbonyl (C=O) groups excluding carboxylic acids is 1. The molecule has 0 bridgehead atoms. The minimum absolute atomic E-state index is 0.155. The zero-order valence-electron chi connectivity index (χ0n) is 4.86. The SMILES string of the molecule is C#CC(=O)C(C)(C)I. The Morgan fingerprint density at radius 3 is 2.12 bits per heavy atom. The highest BCUT2D eigenvalue weighted by Gasteiger charge is 2.20. The van der Waals surface area contributed by atoms with Crippen LogP contribution in [0.3, 0.4) is 0 Å². The first kappa shape index (κ1) is 7.96. The van der Waals surface area contributed by atoms with Gasteiger partial charge in [0.15, 0.2) is 0 Å². The van der Waals surface area contributed by atoms with Gasteiger partial charge in [0.2, 0.25) is 5.78 Å². The normalized spacial score (nSPS) is 10.2. The monoisotopic (exact) mass is 222 g/mol. The van der Waals surface area contributed by atoms with Crippen LogP contribution in [0, 0.1) is 12.3 Å². The van der Waals surface area contributed by atoms with Crippen LogP contribution in [0.1, 0.15) is 13.8 Å². The molecule has 0 fully saturated rings. The molecule has 8 heavy (non-hydrogen) atoms. The lowest BCUT2D eigenvalue weighted by molar-refractivity contribution is -0.114. The third-order valence-corrected chi connectivity index (χ3v) is 1.16. The third-order valence-electron chi connectivity index (χ3n) is 0.671. The summed E-state index contributed by atoms with van der Waals surface area (Å²) in [4.78, 5) is 10.6. The molecule has 0 aromatic carbocycles. The number of alkyl halides is 1. The highest BCUT2D eigenvalue weighted by Crippen LogP contribution is 2.16. The maximum absolute atomic E-state index is 10.6. The van der Waals surface area contributed by atoms with E-state index in [2.05, 4.69) is 5.92 Å². The molecule has 1 nitrogen and oxygen atoms in total. The summed E-state index contributed by atoms with van der Waals surface area (Å²) >= 11 is 2.01. The van der Waals surface area contributed by atoms with Crippen LogP contribution in [-0.2, 0) is 4.79 Å². The van der Waals surface area contributed by atoms with E-state index in [1.165, 1.54) is 0 Å². The first-order valence-corrected chi connectivity index (χ1v) is 3.26. The van der Waals surface area contributed by atoms with Gasteiger partial charge < -0.3 is 0 Å². The summed E-state index contributed by atoms with van der Waals surface area (Å²) in [6, 6.07) is 0. The molecule has 0 aromatic rings. The van der Waals surface area contributed by atoms with Gasteiger partial charge in [-0.2, -0.15) is 0 Å². The van der Waals surface area contributed by atoms with E-state index < -0.39 is 3.42 Å². The van der Waals surface area contributed by atoms with Crippen molar-refractivity contribution in [2.45, 2.75) is 17.3 Å². The van der Waals surface area contributed by atoms with Crippen LogP contribution in [0.4, 0.5) is 0 Å². The molecule has 44 valence electrons. The largest absolute Gasteiger partial charge is 0.283 e. The van der Waals surface area contributed by atoms with Gasteiger partial charge in [-0.05, 0) is 19.8 Å². The Morgan fingerprint density at radius 1 is 1.75 bits per heavy atom. The van der Waals surface area contributed by atoms with Crippen LogP contribution in [0.5, 0.6) is 0 Å². The molecule has 0 rings (SSSR count). The molecular formula is C6H7IO. The Hall–Kier alpha value is -0.0400. The average molecular weight is 222 g/mol. The molecule has 0 N–H and O–H groups in total. The van der Waals surface area contributed by atoms with Crippen LogP contribution < -0.4 is 0 Å². The lowest BCUT2D eigenvalue weighted by atomic mass is 10.1. The van der Waals surface area contributed by atoms with Gasteiger partial charge in [-0.3, -0.25) is 4.79 Å². The number of rotatable bonds is 1. The fourth-order valence-corrected chi connectivity index (χ4v) is 0.327. The third kappa shape index (κ3) is 2.31. The predicted octanol–water partition coefficient (Wildman–Crippen LogP) is 1.40. The van der Waals surface area contributed by atoms with E-state index in [1.54, 1.807) is 13.8 Å². The molecule has 0 aromatic heterocycles. The summed E-state index contributed by atoms with van der Waals surface area (Å²) in [6.07, 6.45) is 4.85. The highest BCUT2D eigenvalue weighted by atomic mass is 127. The number of hydrogen-bond acceptors (Lipinski definition) is 1. The molecule has 0 spiro atoms. The van der Waals surface area contributed by atoms with Crippen LogP contribution in [0.25, 0.3) is 0 Å². The van der Waals surface area contributed by atoms with Crippen molar-refractivity contribution < 1.29 is 4.79 Å². The minimum Gasteiger partial charge on any atom is -0.283 e. The molecule has 0 unspecified atom stereocenters. The second-order valence-electron chi connectivity index (χ2n) is 1.95. The molecule has 0 atom stereocenters. The zero-order chi connectivity index (χ0) is 6.78. The van der Waals surface area contributed by atoms with Crippen molar-refractivity contribution >= 4 is 28.4 Å². The van der Waals surface area contributed by atoms with Gasteiger partial charge in [-0.25, -0.2) is 0 Å². The molecular weight excluding hydrogens is 215 g/mol. The Balaban J connectivity index is 4.09. The van der Waals surface area contributed by atoms with E-state index in [0.29, 0.717) is 0 Å². The Morgan fingerprint density at radius 2 is 2.12 bits per heavy atom. The van der Waals surface area contributed by atoms with E-state index in [1.807, 2.05) is 22.6 Å². The molecule has 0 heterocycles. The average Bonchev–Trinajstić information content (AvgIpc) is 1.62. The van der Waals surface area contributed by atoms with Gasteiger partial charge in [0.25, 0.3) is 0 Å². The number of carbonyl (C=O) groups is 1. The van der Waals surface area contributed by atoms with Crippen molar-refractivity contribution in [2.24, 2.45) is 0 Å². The van der Waals surface area contributed by atoms with Crippen LogP contribution in [-0.4, -0.2) is 9.20 Å². The van der Waals surface area contributed by atoms with Crippen molar-refractivity contribution in [1.29, 1.82) is 0 Å². The van der Waals surface area contributed by atoms with Crippen LogP contribution in [0.2, 0.25) is 0 Å². The summed E-state index contributed by atoms with van der Waals surface area (Å²) in [7, 11) is 0. The Bertz CT molecular complexity index is 136. The molecule has 0 radical (unpaired) electrons. The quantitative estimate of drug-likeness (QED) is 0.283. The van der Waals surface area contributed by atoms with Gasteiger partial charge >= 0.3 is 0 Å². The molecule has 2 heteroatoms. The Labute approximate surface area is 63.0 Å². The first-order chi connectivity index (χ1) is 3.48. The van der Waals surface area contributed by atoms with Crippen molar-refractivity contribution in [2.75, 3.05) is 0 Å². The number of ketones is 1. The van der Waals surface area contributed by atoms with Gasteiger partial charge in [-0.15, -0.1) is 6.42 Å². The first-order valence-electron chi connectivity index (χ1n) is 2.18. The van der Waals surface area contributed by atoms with Gasteiger partial charge in [0.1, 0.15) is 0 Å². The van der Waals surface area contributed by atoms with E-state index in [0.717, 1.165) is 0 Å². The van der Waals surface area contributed by atoms with Gasteiger partial charge in [-0.1, -0.05) is 22.6 Å². The van der Waals surface area contributed by atoms with Crippen LogP contribution in [0.15, 0.2) is 0 Å². The topological polar surface area (TPSA) is 17.1 Å². The van der Waals surface area contributed by atoms with E-state index >= 15 is 0 Å². The zero-order valence-corrected chi connectivity index (χ0v) is 7.02. The molecule has 0 aliphatic rings. The molecule has 0 aliphatic heterocycles. The minimum atomic E-state index is -0.396. The fraction of sp³-hybridized carbons (Fsp3) is 0.500. The molecule has 0 amide bonds. The standard InChI is InChI=1S/C6H7IO/c1-4-5(8)6(2,3)7/h1H,2-3H3. The van der Waals surface area contributed by atoms with E-state index in [9.17, 15) is 4.79 Å². The van der Waals surface area contributed by atoms with Crippen molar-refractivity contribution in [3.8, 4) is 12.3 Å². The van der Waals surface area contributed by atoms with Crippen molar-refractivity contribution in [3.05, 3.63) is 0 Å². The smallest absolute Gasteiger partial charge is 0.220 e. The van der Waals surface area contributed by atoms with Crippen molar-refractivity contribution in [1.82, 2.24) is 0 Å². The summed E-state index contributed by atoms with van der Waals surface area (Å²) in [5.74, 6) is 1.90. The van der Waals surface area contributed by atoms with E-state index in [-0.39, 0.29) is 5.78 Å². The number of Topliss-reactive ketones (excluding diaryl/α,β-unsaturated/α-hetero) is 1. The molecule has 0 saturated carbocycles. The molecule has 0 saturated heterocycles. The Kier molecular flexibility index (Phi) is 2.48. The second-order valence-corrected chi connectivity index (χ2v) is 4.64. The lowest BCUT2D eigenvalue weighted by Gasteiger charge is -2.07. The maximum atomic E-state index is 10.6. The van der Waals surface area contributed by atoms with Crippen molar-refractivity contribution in [3.63, 3.8) is 0 Å². The second kappa shape index (κ2) is 2.49. The number of terminal acetylenes is 1. The maximum Gasteiger partial charge on any atom is 0.220 e. The number of halogens is 1. The predicted molar refractivity (Wildman–Crippen MR) is 41.9 cm³/mol.